The molecule has 0 amide bonds. The molecular formula is C34H50N2O10. The Labute approximate surface area is 272 Å². The topological polar surface area (TPSA) is 148 Å². The van der Waals surface area contributed by atoms with Crippen LogP contribution < -0.4 is 20.1 Å². The van der Waals surface area contributed by atoms with Gasteiger partial charge in [0, 0.05) is 0 Å². The summed E-state index contributed by atoms with van der Waals surface area (Å²) < 4.78 is 30.3. The van der Waals surface area contributed by atoms with E-state index in [4.69, 9.17) is 28.4 Å². The van der Waals surface area contributed by atoms with Gasteiger partial charge in [-0.25, -0.2) is 0 Å². The van der Waals surface area contributed by atoms with E-state index in [9.17, 15) is 19.2 Å². The van der Waals surface area contributed by atoms with Crippen molar-refractivity contribution in [2.45, 2.75) is 78.6 Å². The first kappa shape index (κ1) is 39.9. The third-order valence-electron chi connectivity index (χ3n) is 6.50. The van der Waals surface area contributed by atoms with E-state index in [1.165, 1.54) is 14.2 Å². The van der Waals surface area contributed by atoms with Gasteiger partial charge < -0.3 is 28.4 Å². The Morgan fingerprint density at radius 1 is 0.543 bits per heavy atom. The Morgan fingerprint density at radius 3 is 1.13 bits per heavy atom. The van der Waals surface area contributed by atoms with Crippen molar-refractivity contribution in [3.63, 3.8) is 0 Å². The van der Waals surface area contributed by atoms with E-state index < -0.39 is 48.0 Å². The van der Waals surface area contributed by atoms with Crippen LogP contribution in [0, 0.1) is 0 Å². The van der Waals surface area contributed by atoms with Crippen LogP contribution in [-0.2, 0) is 51.0 Å². The molecule has 0 bridgehead atoms. The van der Waals surface area contributed by atoms with Crippen molar-refractivity contribution < 1.29 is 47.6 Å². The second kappa shape index (κ2) is 22.4. The van der Waals surface area contributed by atoms with Crippen LogP contribution in [0.3, 0.4) is 0 Å². The van der Waals surface area contributed by atoms with Gasteiger partial charge in [0.25, 0.3) is 0 Å². The molecule has 4 atom stereocenters. The molecule has 0 aromatic heterocycles. The van der Waals surface area contributed by atoms with Crippen LogP contribution in [0.25, 0.3) is 0 Å². The largest absolute Gasteiger partial charge is 0.494 e. The van der Waals surface area contributed by atoms with E-state index in [2.05, 4.69) is 10.6 Å². The monoisotopic (exact) mass is 646 g/mol. The zero-order valence-electron chi connectivity index (χ0n) is 28.3. The lowest BCUT2D eigenvalue weighted by Gasteiger charge is -2.20. The zero-order chi connectivity index (χ0) is 34.5. The molecule has 0 radical (unpaired) electrons. The fraction of sp³-hybridized carbons (Fsp3) is 0.529. The number of ether oxygens (including phenoxy) is 6. The van der Waals surface area contributed by atoms with Gasteiger partial charge in [-0.15, -0.1) is 0 Å². The van der Waals surface area contributed by atoms with Crippen LogP contribution in [0.4, 0.5) is 0 Å². The Hall–Kier alpha value is -4.16. The molecule has 2 aromatic carbocycles. The summed E-state index contributed by atoms with van der Waals surface area (Å²) in [6.07, 6.45) is 0.811. The predicted molar refractivity (Wildman–Crippen MR) is 173 cm³/mol. The summed E-state index contributed by atoms with van der Waals surface area (Å²) in [4.78, 5) is 47.3. The van der Waals surface area contributed by atoms with E-state index in [0.29, 0.717) is 39.3 Å². The van der Waals surface area contributed by atoms with Crippen LogP contribution in [0.15, 0.2) is 48.5 Å². The van der Waals surface area contributed by atoms with Gasteiger partial charge in [0.15, 0.2) is 0 Å². The van der Waals surface area contributed by atoms with E-state index >= 15 is 0 Å². The SMILES string of the molecule is CCOC(=O)[C@@H](C)N[C@@H](Cc1ccc(OCC)cc1)C(=O)OC.CCOC(=O)[C@H](C)N[C@@H](Cc1ccc(OCC)cc1)C(=O)OC. The lowest BCUT2D eigenvalue weighted by Crippen LogP contribution is -2.47. The summed E-state index contributed by atoms with van der Waals surface area (Å²) in [6.45, 7) is 12.4. The Kier molecular flexibility index (Phi) is 19.4. The smallest absolute Gasteiger partial charge is 0.323 e. The summed E-state index contributed by atoms with van der Waals surface area (Å²) in [6, 6.07) is 12.5. The molecule has 0 unspecified atom stereocenters. The molecule has 12 nitrogen and oxygen atoms in total. The molecule has 12 heteroatoms. The summed E-state index contributed by atoms with van der Waals surface area (Å²) in [5.41, 5.74) is 1.87. The van der Waals surface area contributed by atoms with Gasteiger partial charge in [-0.3, -0.25) is 29.8 Å². The standard InChI is InChI=1S/2C17H25NO5/c2*1-5-22-14-9-7-13(8-10-14)11-15(17(20)21-4)18-12(3)16(19)23-6-2/h2*7-10,12,15,18H,5-6,11H2,1-4H3/t12-,15+;12-,15-/m10/s1. The average Bonchev–Trinajstić information content (AvgIpc) is 3.05. The zero-order valence-corrected chi connectivity index (χ0v) is 28.3. The molecule has 0 saturated heterocycles. The fourth-order valence-electron chi connectivity index (χ4n) is 4.23. The van der Waals surface area contributed by atoms with Gasteiger partial charge >= 0.3 is 23.9 Å². The number of methoxy groups -OCH3 is 2. The fourth-order valence-corrected chi connectivity index (χ4v) is 4.23. The maximum absolute atomic E-state index is 11.9. The average molecular weight is 647 g/mol. The minimum absolute atomic E-state index is 0.298. The molecule has 0 saturated carbocycles. The first-order chi connectivity index (χ1) is 22.0. The molecule has 256 valence electrons. The molecule has 2 aromatic rings. The normalized spacial score (nSPS) is 13.0. The lowest BCUT2D eigenvalue weighted by molar-refractivity contribution is -0.149. The molecule has 0 aliphatic rings. The Bertz CT molecular complexity index is 1090. The number of carbonyl (C=O) groups excluding carboxylic acids is 4. The highest BCUT2D eigenvalue weighted by molar-refractivity contribution is 5.80. The van der Waals surface area contributed by atoms with Gasteiger partial charge in [-0.1, -0.05) is 24.3 Å². The molecule has 0 spiro atoms. The number of carbonyl (C=O) groups is 4. The van der Waals surface area contributed by atoms with Crippen molar-refractivity contribution in [3.8, 4) is 11.5 Å². The van der Waals surface area contributed by atoms with Gasteiger partial charge in [0.2, 0.25) is 0 Å². The number of benzene rings is 2. The minimum Gasteiger partial charge on any atom is -0.494 e. The van der Waals surface area contributed by atoms with Gasteiger partial charge in [-0.05, 0) is 89.8 Å². The van der Waals surface area contributed by atoms with Crippen molar-refractivity contribution in [1.82, 2.24) is 10.6 Å². The van der Waals surface area contributed by atoms with Crippen molar-refractivity contribution >= 4 is 23.9 Å². The number of rotatable bonds is 18. The molecule has 0 aliphatic heterocycles. The van der Waals surface area contributed by atoms with Crippen molar-refractivity contribution in [2.24, 2.45) is 0 Å². The first-order valence-electron chi connectivity index (χ1n) is 15.5. The number of esters is 4. The molecule has 0 fully saturated rings. The van der Waals surface area contributed by atoms with Gasteiger partial charge in [0.05, 0.1) is 40.6 Å². The highest BCUT2D eigenvalue weighted by Crippen LogP contribution is 2.15. The third kappa shape index (κ3) is 14.7. The molecule has 0 aliphatic carbocycles. The highest BCUT2D eigenvalue weighted by Gasteiger charge is 2.26. The Morgan fingerprint density at radius 2 is 0.870 bits per heavy atom. The van der Waals surface area contributed by atoms with Crippen molar-refractivity contribution in [3.05, 3.63) is 59.7 Å². The number of nitrogens with one attached hydrogen (secondary N) is 2. The predicted octanol–water partition coefficient (Wildman–Crippen LogP) is 3.42. The highest BCUT2D eigenvalue weighted by atomic mass is 16.5. The van der Waals surface area contributed by atoms with Crippen LogP contribution in [0.2, 0.25) is 0 Å². The van der Waals surface area contributed by atoms with E-state index in [1.54, 1.807) is 27.7 Å². The van der Waals surface area contributed by atoms with E-state index in [0.717, 1.165) is 22.6 Å². The van der Waals surface area contributed by atoms with E-state index in [1.807, 2.05) is 62.4 Å². The molecule has 2 N–H and O–H groups in total. The van der Waals surface area contributed by atoms with Crippen LogP contribution in [0.5, 0.6) is 11.5 Å². The van der Waals surface area contributed by atoms with Gasteiger partial charge in [-0.2, -0.15) is 0 Å². The van der Waals surface area contributed by atoms with Crippen LogP contribution in [-0.4, -0.2) is 88.7 Å². The summed E-state index contributed by atoms with van der Waals surface area (Å²) >= 11 is 0. The van der Waals surface area contributed by atoms with Crippen LogP contribution in [0.1, 0.15) is 52.7 Å². The molecule has 0 heterocycles. The van der Waals surface area contributed by atoms with Crippen LogP contribution >= 0.6 is 0 Å². The molecular weight excluding hydrogens is 596 g/mol. The number of hydrogen-bond donors (Lipinski definition) is 2. The second-order valence-electron chi connectivity index (χ2n) is 9.99. The number of hydrogen-bond acceptors (Lipinski definition) is 12. The van der Waals surface area contributed by atoms with Crippen molar-refractivity contribution in [1.29, 1.82) is 0 Å². The van der Waals surface area contributed by atoms with Gasteiger partial charge in [0.1, 0.15) is 35.7 Å². The second-order valence-corrected chi connectivity index (χ2v) is 9.99. The lowest BCUT2D eigenvalue weighted by atomic mass is 10.0. The maximum Gasteiger partial charge on any atom is 0.323 e. The Balaban J connectivity index is 0.000000460. The quantitative estimate of drug-likeness (QED) is 0.181. The van der Waals surface area contributed by atoms with Crippen molar-refractivity contribution in [2.75, 3.05) is 40.6 Å². The maximum atomic E-state index is 11.9. The van der Waals surface area contributed by atoms with E-state index in [-0.39, 0.29) is 0 Å². The first-order valence-corrected chi connectivity index (χ1v) is 15.5. The summed E-state index contributed by atoms with van der Waals surface area (Å²) in [5.74, 6) is -0.0799. The summed E-state index contributed by atoms with van der Waals surface area (Å²) in [5, 5.41) is 5.92. The molecule has 46 heavy (non-hydrogen) atoms. The molecule has 2 rings (SSSR count). The minimum atomic E-state index is -0.627. The third-order valence-corrected chi connectivity index (χ3v) is 6.50. The summed E-state index contributed by atoms with van der Waals surface area (Å²) in [7, 11) is 2.65.